The molecule has 146 valence electrons. The summed E-state index contributed by atoms with van der Waals surface area (Å²) in [5.41, 5.74) is 7.46. The Balaban J connectivity index is 1.36. The van der Waals surface area contributed by atoms with Crippen LogP contribution < -0.4 is 11.1 Å². The first kappa shape index (κ1) is 17.7. The van der Waals surface area contributed by atoms with Crippen molar-refractivity contribution >= 4 is 5.91 Å². The molecule has 3 N–H and O–H groups in total. The molecule has 4 bridgehead atoms. The molecular formula is C24H34N2O. The second kappa shape index (κ2) is 6.34. The summed E-state index contributed by atoms with van der Waals surface area (Å²) in [7, 11) is 0. The van der Waals surface area contributed by atoms with Crippen molar-refractivity contribution < 1.29 is 4.79 Å². The van der Waals surface area contributed by atoms with Crippen molar-refractivity contribution in [3.8, 4) is 0 Å². The number of amides is 1. The van der Waals surface area contributed by atoms with E-state index in [-0.39, 0.29) is 10.8 Å². The minimum atomic E-state index is -0.110. The van der Waals surface area contributed by atoms with Crippen molar-refractivity contribution in [1.82, 2.24) is 5.32 Å². The van der Waals surface area contributed by atoms with E-state index in [1.807, 2.05) is 0 Å². The molecule has 0 spiro atoms. The maximum absolute atomic E-state index is 13.5. The van der Waals surface area contributed by atoms with Crippen LogP contribution in [0.5, 0.6) is 0 Å². The third-order valence-electron chi connectivity index (χ3n) is 8.98. The minimum absolute atomic E-state index is 0.110. The van der Waals surface area contributed by atoms with Gasteiger partial charge in [-0.1, -0.05) is 37.3 Å². The van der Waals surface area contributed by atoms with Crippen molar-refractivity contribution in [2.75, 3.05) is 6.54 Å². The topological polar surface area (TPSA) is 55.1 Å². The van der Waals surface area contributed by atoms with Gasteiger partial charge in [0.05, 0.1) is 5.41 Å². The Morgan fingerprint density at radius 3 is 2.56 bits per heavy atom. The van der Waals surface area contributed by atoms with E-state index in [0.717, 1.165) is 50.5 Å². The Morgan fingerprint density at radius 2 is 1.85 bits per heavy atom. The third-order valence-corrected chi connectivity index (χ3v) is 8.98. The third kappa shape index (κ3) is 2.61. The van der Waals surface area contributed by atoms with E-state index in [1.54, 1.807) is 0 Å². The molecule has 3 heteroatoms. The molecule has 5 atom stereocenters. The van der Waals surface area contributed by atoms with E-state index in [2.05, 4.69) is 42.6 Å². The molecule has 0 heterocycles. The van der Waals surface area contributed by atoms with Crippen LogP contribution >= 0.6 is 0 Å². The second-order valence-corrected chi connectivity index (χ2v) is 10.2. The van der Waals surface area contributed by atoms with Gasteiger partial charge in [-0.15, -0.1) is 0 Å². The quantitative estimate of drug-likeness (QED) is 0.846. The average Bonchev–Trinajstić information content (AvgIpc) is 3.07. The zero-order valence-corrected chi connectivity index (χ0v) is 16.6. The molecule has 5 saturated carbocycles. The van der Waals surface area contributed by atoms with Crippen LogP contribution in [0.1, 0.15) is 63.9 Å². The van der Waals surface area contributed by atoms with Gasteiger partial charge in [-0.25, -0.2) is 0 Å². The minimum Gasteiger partial charge on any atom is -0.353 e. The van der Waals surface area contributed by atoms with Gasteiger partial charge < -0.3 is 11.1 Å². The summed E-state index contributed by atoms with van der Waals surface area (Å²) in [5.74, 6) is 3.19. The number of carbonyl (C=O) groups is 1. The number of benzene rings is 1. The fourth-order valence-electron chi connectivity index (χ4n) is 7.58. The lowest BCUT2D eigenvalue weighted by Crippen LogP contribution is -2.49. The predicted molar refractivity (Wildman–Crippen MR) is 108 cm³/mol. The first-order valence-corrected chi connectivity index (χ1v) is 11.1. The summed E-state index contributed by atoms with van der Waals surface area (Å²) >= 11 is 0. The van der Waals surface area contributed by atoms with Crippen LogP contribution in [-0.2, 0) is 10.2 Å². The Bertz CT molecular complexity index is 710. The Hall–Kier alpha value is -1.35. The summed E-state index contributed by atoms with van der Waals surface area (Å²) in [6, 6.07) is 11.5. The van der Waals surface area contributed by atoms with Crippen molar-refractivity contribution in [1.29, 1.82) is 0 Å². The molecule has 0 aliphatic heterocycles. The number of hydrogen-bond donors (Lipinski definition) is 2. The molecule has 5 aliphatic carbocycles. The standard InChI is InChI=1S/C24H34N2O/c1-16-18-11-23(22(27)26-20-9-7-17(14-25)8-10-20)13-21(16)24(12-18,15-23)19-5-3-2-4-6-19/h2-6,16-18,20-21H,7-15,25H2,1H3,(H,26,27). The lowest BCUT2D eigenvalue weighted by atomic mass is 9.63. The van der Waals surface area contributed by atoms with Crippen LogP contribution in [0.3, 0.4) is 0 Å². The zero-order valence-electron chi connectivity index (χ0n) is 16.6. The summed E-state index contributed by atoms with van der Waals surface area (Å²) in [4.78, 5) is 13.5. The average molecular weight is 367 g/mol. The molecule has 1 aromatic rings. The van der Waals surface area contributed by atoms with Crippen molar-refractivity contribution in [3.63, 3.8) is 0 Å². The highest BCUT2D eigenvalue weighted by molar-refractivity contribution is 5.84. The molecule has 1 aromatic carbocycles. The number of rotatable bonds is 4. The summed E-state index contributed by atoms with van der Waals surface area (Å²) in [6.45, 7) is 3.24. The van der Waals surface area contributed by atoms with E-state index in [4.69, 9.17) is 5.73 Å². The fraction of sp³-hybridized carbons (Fsp3) is 0.708. The van der Waals surface area contributed by atoms with Gasteiger partial charge in [0.15, 0.2) is 0 Å². The van der Waals surface area contributed by atoms with Crippen molar-refractivity contribution in [3.05, 3.63) is 35.9 Å². The van der Waals surface area contributed by atoms with Crippen LogP contribution in [-0.4, -0.2) is 18.5 Å². The largest absolute Gasteiger partial charge is 0.353 e. The van der Waals surface area contributed by atoms with Crippen LogP contribution in [0.15, 0.2) is 30.3 Å². The molecule has 5 fully saturated rings. The van der Waals surface area contributed by atoms with Crippen LogP contribution in [0, 0.1) is 29.1 Å². The molecule has 6 rings (SSSR count). The van der Waals surface area contributed by atoms with Gasteiger partial charge >= 0.3 is 0 Å². The molecule has 3 nitrogen and oxygen atoms in total. The summed E-state index contributed by atoms with van der Waals surface area (Å²) < 4.78 is 0. The second-order valence-electron chi connectivity index (χ2n) is 10.2. The number of nitrogens with one attached hydrogen (secondary N) is 1. The molecule has 0 saturated heterocycles. The van der Waals surface area contributed by atoms with E-state index >= 15 is 0 Å². The first-order valence-electron chi connectivity index (χ1n) is 11.1. The maximum atomic E-state index is 13.5. The van der Waals surface area contributed by atoms with Gasteiger partial charge in [0, 0.05) is 6.04 Å². The Kier molecular flexibility index (Phi) is 4.16. The monoisotopic (exact) mass is 366 g/mol. The van der Waals surface area contributed by atoms with E-state index in [1.165, 1.54) is 24.8 Å². The number of carbonyl (C=O) groups excluding carboxylic acids is 1. The molecule has 5 aliphatic rings. The summed E-state index contributed by atoms with van der Waals surface area (Å²) in [6.07, 6.45) is 9.13. The molecular weight excluding hydrogens is 332 g/mol. The zero-order chi connectivity index (χ0) is 18.6. The fourth-order valence-corrected chi connectivity index (χ4v) is 7.58. The lowest BCUT2D eigenvalue weighted by molar-refractivity contribution is -0.135. The lowest BCUT2D eigenvalue weighted by Gasteiger charge is -2.42. The highest BCUT2D eigenvalue weighted by Crippen LogP contribution is 2.72. The molecule has 0 aromatic heterocycles. The van der Waals surface area contributed by atoms with Gasteiger partial charge in [-0.3, -0.25) is 4.79 Å². The SMILES string of the molecule is CC1C2CC3(C(=O)NC4CCC(CN)CC4)CC1C(c1ccccc1)(C2)C3. The number of nitrogens with two attached hydrogens (primary N) is 1. The Labute approximate surface area is 163 Å². The van der Waals surface area contributed by atoms with Crippen LogP contribution in [0.25, 0.3) is 0 Å². The van der Waals surface area contributed by atoms with Crippen LogP contribution in [0.4, 0.5) is 0 Å². The van der Waals surface area contributed by atoms with Gasteiger partial charge in [0.2, 0.25) is 5.91 Å². The van der Waals surface area contributed by atoms with Crippen LogP contribution in [0.2, 0.25) is 0 Å². The molecule has 1 amide bonds. The Morgan fingerprint density at radius 1 is 1.11 bits per heavy atom. The van der Waals surface area contributed by atoms with Gasteiger partial charge in [-0.05, 0) is 92.6 Å². The number of hydrogen-bond acceptors (Lipinski definition) is 2. The smallest absolute Gasteiger partial charge is 0.226 e. The van der Waals surface area contributed by atoms with E-state index < -0.39 is 0 Å². The van der Waals surface area contributed by atoms with Gasteiger partial charge in [-0.2, -0.15) is 0 Å². The molecule has 0 radical (unpaired) electrons. The van der Waals surface area contributed by atoms with Crippen molar-refractivity contribution in [2.45, 2.75) is 69.7 Å². The van der Waals surface area contributed by atoms with Gasteiger partial charge in [0.1, 0.15) is 0 Å². The van der Waals surface area contributed by atoms with E-state index in [0.29, 0.717) is 23.8 Å². The predicted octanol–water partition coefficient (Wildman–Crippen LogP) is 4.01. The highest BCUT2D eigenvalue weighted by atomic mass is 16.2. The highest BCUT2D eigenvalue weighted by Gasteiger charge is 2.69. The summed E-state index contributed by atoms with van der Waals surface area (Å²) in [5, 5.41) is 3.50. The normalized spacial score (nSPS) is 45.2. The van der Waals surface area contributed by atoms with Gasteiger partial charge in [0.25, 0.3) is 0 Å². The molecule has 5 unspecified atom stereocenters. The van der Waals surface area contributed by atoms with Crippen molar-refractivity contribution in [2.24, 2.45) is 34.8 Å². The molecule has 27 heavy (non-hydrogen) atoms. The first-order chi connectivity index (χ1) is 13.1. The maximum Gasteiger partial charge on any atom is 0.226 e. The van der Waals surface area contributed by atoms with E-state index in [9.17, 15) is 4.79 Å².